The van der Waals surface area contributed by atoms with Gasteiger partial charge in [0.05, 0.1) is 0 Å². The Balaban J connectivity index is 1.39. The van der Waals surface area contributed by atoms with Gasteiger partial charge in [-0.05, 0) is 55.1 Å². The summed E-state index contributed by atoms with van der Waals surface area (Å²) in [5.74, 6) is 0.570. The molecule has 4 rings (SSSR count). The van der Waals surface area contributed by atoms with Gasteiger partial charge in [-0.2, -0.15) is 0 Å². The Morgan fingerprint density at radius 1 is 0.815 bits per heavy atom. The van der Waals surface area contributed by atoms with Gasteiger partial charge in [-0.15, -0.1) is 0 Å². The first-order valence-corrected chi connectivity index (χ1v) is 9.81. The number of benzene rings is 2. The molecular formula is C24H26N2O. The van der Waals surface area contributed by atoms with Crippen LogP contribution in [0.4, 0.5) is 0 Å². The number of likely N-dealkylation sites (tertiary alicyclic amines) is 1. The van der Waals surface area contributed by atoms with Gasteiger partial charge in [0.15, 0.2) is 0 Å². The quantitative estimate of drug-likeness (QED) is 0.674. The monoisotopic (exact) mass is 358 g/mol. The molecule has 1 fully saturated rings. The van der Waals surface area contributed by atoms with Gasteiger partial charge in [0.25, 0.3) is 5.56 Å². The van der Waals surface area contributed by atoms with E-state index in [1.54, 1.807) is 0 Å². The third kappa shape index (κ3) is 4.37. The molecule has 0 unspecified atom stereocenters. The highest BCUT2D eigenvalue weighted by Gasteiger charge is 2.20. The Morgan fingerprint density at radius 3 is 2.19 bits per heavy atom. The van der Waals surface area contributed by atoms with Gasteiger partial charge in [0.1, 0.15) is 0 Å². The summed E-state index contributed by atoms with van der Waals surface area (Å²) in [6.07, 6.45) is 4.23. The van der Waals surface area contributed by atoms with Crippen LogP contribution in [0.2, 0.25) is 0 Å². The Kier molecular flexibility index (Phi) is 5.50. The molecule has 2 aromatic carbocycles. The Morgan fingerprint density at radius 2 is 1.48 bits per heavy atom. The molecule has 138 valence electrons. The van der Waals surface area contributed by atoms with Crippen molar-refractivity contribution in [3.05, 3.63) is 94.9 Å². The predicted molar refractivity (Wildman–Crippen MR) is 111 cm³/mol. The largest absolute Gasteiger partial charge is 0.315 e. The number of pyridine rings is 1. The highest BCUT2D eigenvalue weighted by molar-refractivity contribution is 5.61. The van der Waals surface area contributed by atoms with Crippen molar-refractivity contribution in [2.45, 2.75) is 25.9 Å². The van der Waals surface area contributed by atoms with Crippen molar-refractivity contribution in [1.82, 2.24) is 9.47 Å². The van der Waals surface area contributed by atoms with Crippen molar-refractivity contribution in [2.24, 2.45) is 5.92 Å². The van der Waals surface area contributed by atoms with E-state index in [-0.39, 0.29) is 5.56 Å². The summed E-state index contributed by atoms with van der Waals surface area (Å²) < 4.78 is 1.90. The van der Waals surface area contributed by atoms with E-state index in [1.807, 2.05) is 53.2 Å². The minimum Gasteiger partial charge on any atom is -0.315 e. The maximum Gasteiger partial charge on any atom is 0.258 e. The predicted octanol–water partition coefficient (Wildman–Crippen LogP) is 4.43. The number of nitrogens with zero attached hydrogens (tertiary/aromatic N) is 2. The molecule has 0 amide bonds. The fraction of sp³-hybridized carbons (Fsp3) is 0.292. The van der Waals surface area contributed by atoms with Gasteiger partial charge in [-0.3, -0.25) is 9.69 Å². The van der Waals surface area contributed by atoms with Crippen molar-refractivity contribution in [3.8, 4) is 11.1 Å². The van der Waals surface area contributed by atoms with Gasteiger partial charge in [0.2, 0.25) is 0 Å². The third-order valence-electron chi connectivity index (χ3n) is 5.52. The maximum atomic E-state index is 12.9. The summed E-state index contributed by atoms with van der Waals surface area (Å²) in [5.41, 5.74) is 3.28. The van der Waals surface area contributed by atoms with Crippen molar-refractivity contribution in [1.29, 1.82) is 0 Å². The van der Waals surface area contributed by atoms with E-state index in [9.17, 15) is 4.79 Å². The van der Waals surface area contributed by atoms with Crippen LogP contribution in [0.15, 0.2) is 83.8 Å². The van der Waals surface area contributed by atoms with Crippen LogP contribution >= 0.6 is 0 Å². The second-order valence-electron chi connectivity index (χ2n) is 7.45. The van der Waals surface area contributed by atoms with Crippen LogP contribution < -0.4 is 5.56 Å². The highest BCUT2D eigenvalue weighted by atomic mass is 16.1. The number of rotatable bonds is 5. The summed E-state index contributed by atoms with van der Waals surface area (Å²) in [4.78, 5) is 15.4. The maximum absolute atomic E-state index is 12.9. The van der Waals surface area contributed by atoms with Crippen LogP contribution in [0.3, 0.4) is 0 Å². The van der Waals surface area contributed by atoms with Gasteiger partial charge in [-0.1, -0.05) is 60.7 Å². The lowest BCUT2D eigenvalue weighted by Gasteiger charge is -2.32. The second-order valence-corrected chi connectivity index (χ2v) is 7.45. The normalized spacial score (nSPS) is 15.7. The van der Waals surface area contributed by atoms with Crippen LogP contribution in [0, 0.1) is 5.92 Å². The summed E-state index contributed by atoms with van der Waals surface area (Å²) >= 11 is 0. The van der Waals surface area contributed by atoms with Gasteiger partial charge < -0.3 is 4.57 Å². The van der Waals surface area contributed by atoms with Gasteiger partial charge in [0, 0.05) is 24.8 Å². The Hall–Kier alpha value is -2.65. The first-order chi connectivity index (χ1) is 13.3. The zero-order chi connectivity index (χ0) is 18.5. The van der Waals surface area contributed by atoms with E-state index in [4.69, 9.17) is 0 Å². The summed E-state index contributed by atoms with van der Waals surface area (Å²) in [7, 11) is 0. The Labute approximate surface area is 160 Å². The number of piperidine rings is 1. The fourth-order valence-electron chi connectivity index (χ4n) is 3.96. The van der Waals surface area contributed by atoms with E-state index in [0.717, 1.165) is 50.1 Å². The zero-order valence-electron chi connectivity index (χ0n) is 15.6. The Bertz CT molecular complexity index is 910. The standard InChI is InChI=1S/C24H26N2O/c27-24-23(22-10-5-2-6-11-22)12-7-15-26(24)19-21-13-16-25(17-14-21)18-20-8-3-1-4-9-20/h1-12,15,21H,13-14,16-19H2. The average Bonchev–Trinajstić information content (AvgIpc) is 2.72. The van der Waals surface area contributed by atoms with E-state index < -0.39 is 0 Å². The van der Waals surface area contributed by atoms with Crippen molar-refractivity contribution in [3.63, 3.8) is 0 Å². The molecule has 2 heterocycles. The molecule has 1 saturated heterocycles. The topological polar surface area (TPSA) is 25.2 Å². The SMILES string of the molecule is O=c1c(-c2ccccc2)cccn1CC1CCN(Cc2ccccc2)CC1. The van der Waals surface area contributed by atoms with E-state index in [1.165, 1.54) is 5.56 Å². The molecule has 0 saturated carbocycles. The van der Waals surface area contributed by atoms with Crippen molar-refractivity contribution in [2.75, 3.05) is 13.1 Å². The van der Waals surface area contributed by atoms with Crippen LogP contribution in [0.25, 0.3) is 11.1 Å². The summed E-state index contributed by atoms with van der Waals surface area (Å²) in [6, 6.07) is 24.5. The molecule has 3 aromatic rings. The smallest absolute Gasteiger partial charge is 0.258 e. The second kappa shape index (κ2) is 8.36. The lowest BCUT2D eigenvalue weighted by Crippen LogP contribution is -2.36. The average molecular weight is 358 g/mol. The van der Waals surface area contributed by atoms with Crippen LogP contribution in [-0.4, -0.2) is 22.6 Å². The molecule has 0 radical (unpaired) electrons. The van der Waals surface area contributed by atoms with Crippen LogP contribution in [0.1, 0.15) is 18.4 Å². The molecule has 0 N–H and O–H groups in total. The number of hydrogen-bond acceptors (Lipinski definition) is 2. The first-order valence-electron chi connectivity index (χ1n) is 9.81. The molecule has 1 aliphatic rings. The third-order valence-corrected chi connectivity index (χ3v) is 5.52. The molecule has 1 aliphatic heterocycles. The van der Waals surface area contributed by atoms with E-state index in [0.29, 0.717) is 5.92 Å². The van der Waals surface area contributed by atoms with Crippen LogP contribution in [0.5, 0.6) is 0 Å². The van der Waals surface area contributed by atoms with Crippen molar-refractivity contribution < 1.29 is 0 Å². The van der Waals surface area contributed by atoms with Crippen LogP contribution in [-0.2, 0) is 13.1 Å². The first kappa shape index (κ1) is 17.7. The zero-order valence-corrected chi connectivity index (χ0v) is 15.6. The molecule has 1 aromatic heterocycles. The van der Waals surface area contributed by atoms with Gasteiger partial charge >= 0.3 is 0 Å². The molecule has 3 heteroatoms. The lowest BCUT2D eigenvalue weighted by molar-refractivity contribution is 0.166. The summed E-state index contributed by atoms with van der Waals surface area (Å²) in [5, 5.41) is 0. The minimum absolute atomic E-state index is 0.121. The molecule has 0 bridgehead atoms. The highest BCUT2D eigenvalue weighted by Crippen LogP contribution is 2.21. The molecular weight excluding hydrogens is 332 g/mol. The van der Waals surface area contributed by atoms with Crippen molar-refractivity contribution >= 4 is 0 Å². The number of hydrogen-bond donors (Lipinski definition) is 0. The molecule has 27 heavy (non-hydrogen) atoms. The molecule has 0 spiro atoms. The fourth-order valence-corrected chi connectivity index (χ4v) is 3.96. The summed E-state index contributed by atoms with van der Waals surface area (Å²) in [6.45, 7) is 4.05. The molecule has 3 nitrogen and oxygen atoms in total. The van der Waals surface area contributed by atoms with E-state index in [2.05, 4.69) is 35.2 Å². The molecule has 0 aliphatic carbocycles. The number of aromatic nitrogens is 1. The molecule has 0 atom stereocenters. The minimum atomic E-state index is 0.121. The lowest BCUT2D eigenvalue weighted by atomic mass is 9.96. The van der Waals surface area contributed by atoms with Gasteiger partial charge in [-0.25, -0.2) is 0 Å². The van der Waals surface area contributed by atoms with E-state index >= 15 is 0 Å².